The molecule has 14 heavy (non-hydrogen) atoms. The van der Waals surface area contributed by atoms with Crippen LogP contribution in [0.1, 0.15) is 27.7 Å². The molecule has 80 valence electrons. The molecule has 0 spiro atoms. The molecule has 1 aliphatic heterocycles. The van der Waals surface area contributed by atoms with Crippen molar-refractivity contribution in [3.05, 3.63) is 0 Å². The summed E-state index contributed by atoms with van der Waals surface area (Å²) >= 11 is 0. The van der Waals surface area contributed by atoms with Crippen LogP contribution >= 0.6 is 0 Å². The van der Waals surface area contributed by atoms with Gasteiger partial charge in [0.1, 0.15) is 6.04 Å². The van der Waals surface area contributed by atoms with E-state index < -0.39 is 0 Å². The van der Waals surface area contributed by atoms with Crippen molar-refractivity contribution in [2.24, 2.45) is 17.3 Å². The zero-order valence-electron chi connectivity index (χ0n) is 9.33. The minimum Gasteiger partial charge on any atom is -0.462 e. The van der Waals surface area contributed by atoms with Crippen LogP contribution in [0.5, 0.6) is 0 Å². The maximum Gasteiger partial charge on any atom is 0.323 e. The Labute approximate surface area is 85.2 Å². The van der Waals surface area contributed by atoms with Crippen molar-refractivity contribution in [2.45, 2.75) is 39.8 Å². The SMILES string of the molecule is CC(C)OC(=O)C1NCC2C1C2(C)C. The number of hydrogen-bond donors (Lipinski definition) is 1. The van der Waals surface area contributed by atoms with E-state index in [1.807, 2.05) is 13.8 Å². The third-order valence-electron chi connectivity index (χ3n) is 3.66. The number of rotatable bonds is 2. The second-order valence-electron chi connectivity index (χ2n) is 5.33. The fourth-order valence-corrected chi connectivity index (χ4v) is 2.75. The number of ether oxygens (including phenoxy) is 1. The van der Waals surface area contributed by atoms with E-state index >= 15 is 0 Å². The molecule has 1 N–H and O–H groups in total. The zero-order chi connectivity index (χ0) is 10.5. The van der Waals surface area contributed by atoms with Gasteiger partial charge in [0, 0.05) is 0 Å². The molecule has 2 aliphatic rings. The van der Waals surface area contributed by atoms with Crippen LogP contribution in [0.4, 0.5) is 0 Å². The van der Waals surface area contributed by atoms with Crippen LogP contribution < -0.4 is 5.32 Å². The van der Waals surface area contributed by atoms with Crippen molar-refractivity contribution >= 4 is 5.97 Å². The zero-order valence-corrected chi connectivity index (χ0v) is 9.33. The number of nitrogens with one attached hydrogen (secondary N) is 1. The minimum absolute atomic E-state index is 0.00906. The molecule has 0 aromatic carbocycles. The molecule has 1 saturated heterocycles. The number of carbonyl (C=O) groups excluding carboxylic acids is 1. The monoisotopic (exact) mass is 197 g/mol. The molecule has 3 atom stereocenters. The first-order valence-electron chi connectivity index (χ1n) is 5.38. The van der Waals surface area contributed by atoms with Crippen LogP contribution in [-0.4, -0.2) is 24.7 Å². The molecule has 0 aromatic heterocycles. The molecule has 1 heterocycles. The summed E-state index contributed by atoms with van der Waals surface area (Å²) in [5, 5.41) is 3.24. The average molecular weight is 197 g/mol. The predicted octanol–water partition coefficient (Wildman–Crippen LogP) is 1.18. The van der Waals surface area contributed by atoms with Gasteiger partial charge in [-0.15, -0.1) is 0 Å². The van der Waals surface area contributed by atoms with Crippen LogP contribution in [-0.2, 0) is 9.53 Å². The van der Waals surface area contributed by atoms with Gasteiger partial charge in [0.25, 0.3) is 0 Å². The second kappa shape index (κ2) is 2.96. The molecule has 2 fully saturated rings. The number of esters is 1. The van der Waals surface area contributed by atoms with E-state index in [-0.39, 0.29) is 18.1 Å². The number of hydrogen-bond acceptors (Lipinski definition) is 3. The number of carbonyl (C=O) groups is 1. The summed E-state index contributed by atoms with van der Waals surface area (Å²) in [4.78, 5) is 11.7. The Bertz CT molecular complexity index is 260. The van der Waals surface area contributed by atoms with Crippen molar-refractivity contribution in [1.82, 2.24) is 5.32 Å². The first kappa shape index (κ1) is 9.97. The van der Waals surface area contributed by atoms with Gasteiger partial charge in [0.2, 0.25) is 0 Å². The first-order valence-corrected chi connectivity index (χ1v) is 5.38. The van der Waals surface area contributed by atoms with Gasteiger partial charge in [0.15, 0.2) is 0 Å². The summed E-state index contributed by atoms with van der Waals surface area (Å²) in [5.41, 5.74) is 0.339. The predicted molar refractivity (Wildman–Crippen MR) is 53.8 cm³/mol. The molecular weight excluding hydrogens is 178 g/mol. The molecule has 3 nitrogen and oxygen atoms in total. The van der Waals surface area contributed by atoms with Crippen molar-refractivity contribution in [2.75, 3.05) is 6.54 Å². The molecule has 2 rings (SSSR count). The molecular formula is C11H19NO2. The lowest BCUT2D eigenvalue weighted by Gasteiger charge is -2.18. The normalized spacial score (nSPS) is 38.2. The first-order chi connectivity index (χ1) is 6.44. The summed E-state index contributed by atoms with van der Waals surface area (Å²) in [6.07, 6.45) is -0.00906. The Balaban J connectivity index is 1.97. The smallest absolute Gasteiger partial charge is 0.323 e. The van der Waals surface area contributed by atoms with Crippen LogP contribution in [0.15, 0.2) is 0 Å². The van der Waals surface area contributed by atoms with E-state index in [9.17, 15) is 4.79 Å². The van der Waals surface area contributed by atoms with Gasteiger partial charge in [-0.05, 0) is 37.6 Å². The van der Waals surface area contributed by atoms with Gasteiger partial charge in [-0.2, -0.15) is 0 Å². The van der Waals surface area contributed by atoms with E-state index in [4.69, 9.17) is 4.74 Å². The third kappa shape index (κ3) is 1.34. The maximum atomic E-state index is 11.7. The molecule has 1 saturated carbocycles. The Morgan fingerprint density at radius 3 is 2.57 bits per heavy atom. The lowest BCUT2D eigenvalue weighted by molar-refractivity contribution is -0.150. The Morgan fingerprint density at radius 1 is 1.50 bits per heavy atom. The summed E-state index contributed by atoms with van der Waals surface area (Å²) in [7, 11) is 0. The van der Waals surface area contributed by atoms with E-state index in [0.29, 0.717) is 17.3 Å². The average Bonchev–Trinajstić information content (AvgIpc) is 2.46. The van der Waals surface area contributed by atoms with Gasteiger partial charge < -0.3 is 10.1 Å². The quantitative estimate of drug-likeness (QED) is 0.676. The Kier molecular flexibility index (Phi) is 2.11. The van der Waals surface area contributed by atoms with E-state index in [1.54, 1.807) is 0 Å². The van der Waals surface area contributed by atoms with Gasteiger partial charge in [0.05, 0.1) is 6.10 Å². The molecule has 0 radical (unpaired) electrons. The van der Waals surface area contributed by atoms with Crippen LogP contribution in [0.25, 0.3) is 0 Å². The molecule has 0 amide bonds. The minimum atomic E-state index is -0.0712. The van der Waals surface area contributed by atoms with Gasteiger partial charge >= 0.3 is 5.97 Å². The van der Waals surface area contributed by atoms with E-state index in [2.05, 4.69) is 19.2 Å². The second-order valence-corrected chi connectivity index (χ2v) is 5.33. The Hall–Kier alpha value is -0.570. The third-order valence-corrected chi connectivity index (χ3v) is 3.66. The summed E-state index contributed by atoms with van der Waals surface area (Å²) < 4.78 is 5.22. The Morgan fingerprint density at radius 2 is 2.14 bits per heavy atom. The van der Waals surface area contributed by atoms with Crippen LogP contribution in [0, 0.1) is 17.3 Å². The highest BCUT2D eigenvalue weighted by atomic mass is 16.5. The highest BCUT2D eigenvalue weighted by molar-refractivity contribution is 5.78. The molecule has 3 unspecified atom stereocenters. The molecule has 0 aromatic rings. The summed E-state index contributed by atoms with van der Waals surface area (Å²) in [6, 6.07) is -0.0580. The summed E-state index contributed by atoms with van der Waals surface area (Å²) in [5.74, 6) is 1.10. The summed E-state index contributed by atoms with van der Waals surface area (Å²) in [6.45, 7) is 9.22. The van der Waals surface area contributed by atoms with Gasteiger partial charge in [-0.3, -0.25) is 4.79 Å². The molecule has 1 aliphatic carbocycles. The topological polar surface area (TPSA) is 38.3 Å². The highest BCUT2D eigenvalue weighted by Crippen LogP contribution is 2.62. The van der Waals surface area contributed by atoms with Gasteiger partial charge in [-0.25, -0.2) is 0 Å². The van der Waals surface area contributed by atoms with Crippen molar-refractivity contribution < 1.29 is 9.53 Å². The molecule has 0 bridgehead atoms. The standard InChI is InChI=1S/C11H19NO2/c1-6(2)14-10(13)9-8-7(5-12-9)11(8,3)4/h6-9,12H,5H2,1-4H3. The largest absolute Gasteiger partial charge is 0.462 e. The van der Waals surface area contributed by atoms with Gasteiger partial charge in [-0.1, -0.05) is 13.8 Å². The van der Waals surface area contributed by atoms with E-state index in [0.717, 1.165) is 6.54 Å². The maximum absolute atomic E-state index is 11.7. The number of fused-ring (bicyclic) bond motifs is 1. The fraction of sp³-hybridized carbons (Fsp3) is 0.909. The van der Waals surface area contributed by atoms with Crippen LogP contribution in [0.2, 0.25) is 0 Å². The molecule has 3 heteroatoms. The van der Waals surface area contributed by atoms with Crippen LogP contribution in [0.3, 0.4) is 0 Å². The highest BCUT2D eigenvalue weighted by Gasteiger charge is 2.66. The van der Waals surface area contributed by atoms with E-state index in [1.165, 1.54) is 0 Å². The lowest BCUT2D eigenvalue weighted by Crippen LogP contribution is -2.39. The lowest BCUT2D eigenvalue weighted by atomic mass is 10.0. The van der Waals surface area contributed by atoms with Crippen molar-refractivity contribution in [3.8, 4) is 0 Å². The fourth-order valence-electron chi connectivity index (χ4n) is 2.75. The van der Waals surface area contributed by atoms with Crippen molar-refractivity contribution in [3.63, 3.8) is 0 Å². The number of piperidine rings is 1. The van der Waals surface area contributed by atoms with Crippen molar-refractivity contribution in [1.29, 1.82) is 0 Å².